The third-order valence-electron chi connectivity index (χ3n) is 3.31. The van der Waals surface area contributed by atoms with E-state index in [2.05, 4.69) is 20.9 Å². The number of nitrogens with zero attached hydrogens (tertiary/aromatic N) is 2. The molecule has 0 fully saturated rings. The van der Waals surface area contributed by atoms with Gasteiger partial charge in [0.15, 0.2) is 0 Å². The second-order valence-corrected chi connectivity index (χ2v) is 7.80. The Labute approximate surface area is 174 Å². The van der Waals surface area contributed by atoms with Gasteiger partial charge >= 0.3 is 175 Å². The molecule has 28 heavy (non-hydrogen) atoms. The van der Waals surface area contributed by atoms with E-state index < -0.39 is 36.4 Å². The molecular weight excluding hydrogens is 508 g/mol. The normalized spacial score (nSPS) is 12.1. The first kappa shape index (κ1) is 22.6. The van der Waals surface area contributed by atoms with Crippen LogP contribution in [0.3, 0.4) is 0 Å². The van der Waals surface area contributed by atoms with Crippen LogP contribution in [0.15, 0.2) is 27.9 Å². The molecule has 4 N–H and O–H groups in total. The van der Waals surface area contributed by atoms with E-state index in [0.717, 1.165) is 34.2 Å². The van der Waals surface area contributed by atoms with Gasteiger partial charge in [0.1, 0.15) is 0 Å². The zero-order valence-corrected chi connectivity index (χ0v) is 17.8. The van der Waals surface area contributed by atoms with E-state index in [1.165, 1.54) is 17.8 Å². The Balaban J connectivity index is 1.94. The monoisotopic (exact) mass is 524 g/mol. The summed E-state index contributed by atoms with van der Waals surface area (Å²) in [6, 6.07) is 3.30. The van der Waals surface area contributed by atoms with Gasteiger partial charge in [-0.2, -0.15) is 0 Å². The predicted octanol–water partition coefficient (Wildman–Crippen LogP) is 0.466. The molecule has 0 aliphatic rings. The van der Waals surface area contributed by atoms with E-state index in [4.69, 9.17) is 14.8 Å². The number of alkyl halides is 2. The first-order valence-corrected chi connectivity index (χ1v) is 10.2. The molecule has 0 aliphatic heterocycles. The Morgan fingerprint density at radius 2 is 2.11 bits per heavy atom. The molecule has 1 heterocycles. The van der Waals surface area contributed by atoms with Gasteiger partial charge in [-0.3, -0.25) is 0 Å². The zero-order valence-electron chi connectivity index (χ0n) is 14.2. The van der Waals surface area contributed by atoms with Gasteiger partial charge in [0.05, 0.1) is 0 Å². The molecule has 150 valence electrons. The van der Waals surface area contributed by atoms with E-state index in [1.807, 2.05) is 0 Å². The fraction of sp³-hybridized carbons (Fsp3) is 0.333. The predicted molar refractivity (Wildman–Crippen MR) is 96.0 cm³/mol. The van der Waals surface area contributed by atoms with Crippen molar-refractivity contribution >= 4 is 49.0 Å². The number of halogens is 3. The molecule has 0 bridgehead atoms. The molecule has 2 rings (SSSR count). The summed E-state index contributed by atoms with van der Waals surface area (Å²) < 4.78 is 44.3. The Morgan fingerprint density at radius 3 is 2.79 bits per heavy atom. The van der Waals surface area contributed by atoms with Crippen LogP contribution in [0.1, 0.15) is 17.7 Å². The molecule has 1 unspecified atom stereocenters. The number of hydrogen-bond donors (Lipinski definition) is 4. The molecule has 0 aliphatic carbocycles. The van der Waals surface area contributed by atoms with Crippen LogP contribution >= 0.6 is 11.8 Å². The topological polar surface area (TPSA) is 121 Å². The van der Waals surface area contributed by atoms with Crippen molar-refractivity contribution in [2.24, 2.45) is 0 Å². The summed E-state index contributed by atoms with van der Waals surface area (Å²) >= 11 is 2.07. The number of aliphatic hydroxyl groups excluding tert-OH is 2. The second kappa shape index (κ2) is 10.8. The van der Waals surface area contributed by atoms with Gasteiger partial charge in [0, 0.05) is 0 Å². The number of aromatic nitrogens is 2. The zero-order chi connectivity index (χ0) is 20.7. The number of rotatable bonds is 10. The molecule has 1 atom stereocenters. The SMILES string of the molecule is O=C(NCCSc1nonc1[C](=[Sn])Nc1ccc(F)c(C(F)F)c1)C(O)CO. The minimum atomic E-state index is -2.94. The first-order chi connectivity index (χ1) is 13.3. The number of benzene rings is 1. The van der Waals surface area contributed by atoms with Gasteiger partial charge in [0.25, 0.3) is 0 Å². The van der Waals surface area contributed by atoms with E-state index in [0.29, 0.717) is 20.1 Å². The van der Waals surface area contributed by atoms with E-state index in [1.54, 1.807) is 0 Å². The summed E-state index contributed by atoms with van der Waals surface area (Å²) in [5.74, 6) is -1.30. The van der Waals surface area contributed by atoms with Crippen LogP contribution in [0.5, 0.6) is 0 Å². The Hall–Kier alpha value is -1.64. The van der Waals surface area contributed by atoms with Gasteiger partial charge in [-0.15, -0.1) is 0 Å². The quantitative estimate of drug-likeness (QED) is 0.202. The van der Waals surface area contributed by atoms with Crippen LogP contribution in [0, 0.1) is 5.82 Å². The number of anilines is 1. The molecule has 1 aromatic carbocycles. The van der Waals surface area contributed by atoms with Crippen LogP contribution in [-0.4, -0.2) is 77.1 Å². The van der Waals surface area contributed by atoms with Crippen molar-refractivity contribution < 1.29 is 32.8 Å². The summed E-state index contributed by atoms with van der Waals surface area (Å²) in [4.78, 5) is 11.3. The summed E-state index contributed by atoms with van der Waals surface area (Å²) in [7, 11) is 0. The van der Waals surface area contributed by atoms with Gasteiger partial charge in [0.2, 0.25) is 0 Å². The molecule has 1 amide bonds. The van der Waals surface area contributed by atoms with E-state index in [9.17, 15) is 18.0 Å². The summed E-state index contributed by atoms with van der Waals surface area (Å²) in [5.41, 5.74) is -0.0668. The molecular formula is C15H15F3N4O4SSn. The van der Waals surface area contributed by atoms with Gasteiger partial charge in [-0.05, 0) is 0 Å². The summed E-state index contributed by atoms with van der Waals surface area (Å²) in [6.45, 7) is -0.474. The number of thioether (sulfide) groups is 1. The number of hydrogen-bond acceptors (Lipinski definition) is 8. The van der Waals surface area contributed by atoms with Crippen LogP contribution in [0.25, 0.3) is 0 Å². The average Bonchev–Trinajstić information content (AvgIpc) is 3.14. The number of amides is 1. The van der Waals surface area contributed by atoms with Crippen LogP contribution in [0.4, 0.5) is 18.9 Å². The van der Waals surface area contributed by atoms with Gasteiger partial charge in [-0.25, -0.2) is 0 Å². The third-order valence-corrected chi connectivity index (χ3v) is 5.29. The molecule has 1 aromatic heterocycles. The number of carbonyl (C=O) groups is 1. The third kappa shape index (κ3) is 6.18. The molecule has 8 nitrogen and oxygen atoms in total. The molecule has 0 saturated heterocycles. The molecule has 0 saturated carbocycles. The number of aliphatic hydroxyl groups is 2. The number of carbonyl (C=O) groups excluding carboxylic acids is 1. The van der Waals surface area contributed by atoms with E-state index >= 15 is 0 Å². The molecule has 0 spiro atoms. The van der Waals surface area contributed by atoms with Gasteiger partial charge in [-0.1, -0.05) is 0 Å². The average molecular weight is 523 g/mol. The Kier molecular flexibility index (Phi) is 8.72. The fourth-order valence-electron chi connectivity index (χ4n) is 1.94. The van der Waals surface area contributed by atoms with Crippen molar-refractivity contribution in [2.75, 3.05) is 24.2 Å². The standard InChI is InChI=1S/C15H15F3N4O4S.Sn/c16-10-2-1-8(5-9(10)13(17)18)20-6-11-15(22-26-21-11)27-4-3-19-14(25)12(24)7-23;/h1-2,5,12-13,20,23-24H,3-4,7H2,(H,19,25);. The van der Waals surface area contributed by atoms with Crippen molar-refractivity contribution in [1.29, 1.82) is 0 Å². The summed E-state index contributed by atoms with van der Waals surface area (Å²) in [5, 5.41) is 31.1. The maximum absolute atomic E-state index is 13.4. The van der Waals surface area contributed by atoms with Crippen molar-refractivity contribution in [1.82, 2.24) is 15.6 Å². The fourth-order valence-corrected chi connectivity index (χ4v) is 3.84. The van der Waals surface area contributed by atoms with Crippen LogP contribution in [0.2, 0.25) is 0 Å². The maximum atomic E-state index is 13.4. The van der Waals surface area contributed by atoms with Gasteiger partial charge < -0.3 is 0 Å². The number of nitrogens with one attached hydrogen (secondary N) is 2. The Bertz CT molecular complexity index is 839. The molecule has 2 aromatic rings. The van der Waals surface area contributed by atoms with Crippen LogP contribution in [-0.2, 0) is 4.79 Å². The van der Waals surface area contributed by atoms with Crippen molar-refractivity contribution in [3.63, 3.8) is 0 Å². The van der Waals surface area contributed by atoms with E-state index in [-0.39, 0.29) is 12.2 Å². The molecule has 13 heteroatoms. The van der Waals surface area contributed by atoms with Crippen molar-refractivity contribution in [3.8, 4) is 0 Å². The second-order valence-electron chi connectivity index (χ2n) is 5.29. The first-order valence-electron chi connectivity index (χ1n) is 7.79. The van der Waals surface area contributed by atoms with Crippen molar-refractivity contribution in [2.45, 2.75) is 17.6 Å². The Morgan fingerprint density at radius 1 is 1.36 bits per heavy atom. The van der Waals surface area contributed by atoms with Crippen LogP contribution < -0.4 is 10.6 Å². The molecule has 2 radical (unpaired) electrons. The minimum absolute atomic E-state index is 0.197. The van der Waals surface area contributed by atoms with Crippen molar-refractivity contribution in [3.05, 3.63) is 35.3 Å². The summed E-state index contributed by atoms with van der Waals surface area (Å²) in [6.07, 6.45) is -4.42.